The SMILES string of the molecule is O=[SH](=O)NC(Cc1ccc(S(=O)(=O)NC(=S)Nc2ccc(Cl)cc2)cc1)c1ccccc1. The molecule has 11 heteroatoms. The second-order valence-corrected chi connectivity index (χ2v) is 10.1. The zero-order valence-corrected chi connectivity index (χ0v) is 19.8. The van der Waals surface area contributed by atoms with Crippen LogP contribution in [0.5, 0.6) is 0 Å². The summed E-state index contributed by atoms with van der Waals surface area (Å²) in [5.74, 6) is 0. The van der Waals surface area contributed by atoms with Gasteiger partial charge in [0.15, 0.2) is 5.11 Å². The molecule has 3 aromatic carbocycles. The van der Waals surface area contributed by atoms with E-state index in [-0.39, 0.29) is 10.0 Å². The van der Waals surface area contributed by atoms with Crippen LogP contribution >= 0.6 is 23.8 Å². The third-order valence-corrected chi connectivity index (χ3v) is 6.94. The van der Waals surface area contributed by atoms with Crippen molar-refractivity contribution in [2.75, 3.05) is 5.32 Å². The zero-order chi connectivity index (χ0) is 23.1. The molecular weight excluding hydrogens is 490 g/mol. The number of nitrogens with one attached hydrogen (secondary N) is 3. The molecule has 32 heavy (non-hydrogen) atoms. The number of hydrogen-bond acceptors (Lipinski definition) is 5. The maximum Gasteiger partial charge on any atom is 0.263 e. The Morgan fingerprint density at radius 1 is 0.938 bits per heavy atom. The van der Waals surface area contributed by atoms with E-state index in [9.17, 15) is 16.8 Å². The zero-order valence-electron chi connectivity index (χ0n) is 16.6. The van der Waals surface area contributed by atoms with Gasteiger partial charge in [-0.3, -0.25) is 4.72 Å². The summed E-state index contributed by atoms with van der Waals surface area (Å²) in [7, 11) is -6.70. The number of sulfonamides is 1. The van der Waals surface area contributed by atoms with E-state index in [1.807, 2.05) is 30.3 Å². The van der Waals surface area contributed by atoms with Gasteiger partial charge in [0.2, 0.25) is 10.9 Å². The summed E-state index contributed by atoms with van der Waals surface area (Å²) in [5.41, 5.74) is 2.17. The molecule has 0 aliphatic carbocycles. The Morgan fingerprint density at radius 3 is 2.16 bits per heavy atom. The van der Waals surface area contributed by atoms with Crippen LogP contribution in [-0.4, -0.2) is 21.9 Å². The van der Waals surface area contributed by atoms with Crippen LogP contribution in [0.2, 0.25) is 5.02 Å². The predicted molar refractivity (Wildman–Crippen MR) is 131 cm³/mol. The molecule has 0 saturated heterocycles. The lowest BCUT2D eigenvalue weighted by molar-refractivity contribution is 0.574. The topological polar surface area (TPSA) is 104 Å². The third-order valence-electron chi connectivity index (χ3n) is 4.47. The predicted octanol–water partition coefficient (Wildman–Crippen LogP) is 3.42. The van der Waals surface area contributed by atoms with E-state index < -0.39 is 27.0 Å². The lowest BCUT2D eigenvalue weighted by Crippen LogP contribution is -2.34. The minimum atomic E-state index is -3.90. The van der Waals surface area contributed by atoms with Crippen LogP contribution in [0.4, 0.5) is 5.69 Å². The van der Waals surface area contributed by atoms with Crippen molar-refractivity contribution in [1.29, 1.82) is 0 Å². The van der Waals surface area contributed by atoms with E-state index in [2.05, 4.69) is 14.8 Å². The van der Waals surface area contributed by atoms with Gasteiger partial charge in [-0.2, -0.15) is 0 Å². The van der Waals surface area contributed by atoms with Crippen LogP contribution in [0, 0.1) is 0 Å². The number of halogens is 1. The first-order valence-corrected chi connectivity index (χ1v) is 12.8. The number of rotatable bonds is 8. The van der Waals surface area contributed by atoms with E-state index in [0.717, 1.165) is 11.1 Å². The van der Waals surface area contributed by atoms with Gasteiger partial charge in [0.05, 0.1) is 10.9 Å². The first-order valence-electron chi connectivity index (χ1n) is 9.37. The fourth-order valence-corrected chi connectivity index (χ4v) is 4.94. The summed E-state index contributed by atoms with van der Waals surface area (Å²) in [6.07, 6.45) is 0.359. The van der Waals surface area contributed by atoms with Gasteiger partial charge in [-0.05, 0) is 66.2 Å². The molecule has 3 aromatic rings. The van der Waals surface area contributed by atoms with Crippen molar-refractivity contribution >= 4 is 55.5 Å². The molecular formula is C21H20ClN3O4S3. The number of hydrogen-bond donors (Lipinski definition) is 4. The molecule has 168 valence electrons. The first kappa shape index (κ1) is 24.1. The summed E-state index contributed by atoms with van der Waals surface area (Å²) in [4.78, 5) is 0.0284. The van der Waals surface area contributed by atoms with Crippen molar-refractivity contribution in [3.05, 3.63) is 95.0 Å². The molecule has 0 aliphatic heterocycles. The van der Waals surface area contributed by atoms with Crippen molar-refractivity contribution in [2.45, 2.75) is 17.4 Å². The molecule has 0 aliphatic rings. The molecule has 3 N–H and O–H groups in total. The minimum absolute atomic E-state index is 0.0284. The number of thiocarbonyl (C=S) groups is 1. The van der Waals surface area contributed by atoms with Gasteiger partial charge in [-0.1, -0.05) is 54.1 Å². The molecule has 0 bridgehead atoms. The van der Waals surface area contributed by atoms with Gasteiger partial charge in [-0.25, -0.2) is 21.6 Å². The van der Waals surface area contributed by atoms with Crippen LogP contribution in [0.3, 0.4) is 0 Å². The summed E-state index contributed by atoms with van der Waals surface area (Å²) in [6, 6.07) is 21.5. The Hall–Kier alpha value is -2.50. The summed E-state index contributed by atoms with van der Waals surface area (Å²) in [6.45, 7) is 0. The molecule has 0 spiro atoms. The van der Waals surface area contributed by atoms with E-state index >= 15 is 0 Å². The Kier molecular flexibility index (Phi) is 8.21. The quantitative estimate of drug-likeness (QED) is 0.274. The van der Waals surface area contributed by atoms with E-state index in [1.165, 1.54) is 12.1 Å². The highest BCUT2D eigenvalue weighted by molar-refractivity contribution is 7.92. The van der Waals surface area contributed by atoms with Gasteiger partial charge in [0.1, 0.15) is 0 Å². The summed E-state index contributed by atoms with van der Waals surface area (Å²) < 4.78 is 52.6. The first-order chi connectivity index (χ1) is 15.2. The van der Waals surface area contributed by atoms with Crippen molar-refractivity contribution in [3.8, 4) is 0 Å². The number of benzene rings is 3. The van der Waals surface area contributed by atoms with Gasteiger partial charge in [-0.15, -0.1) is 0 Å². The van der Waals surface area contributed by atoms with Crippen molar-refractivity contribution in [2.24, 2.45) is 0 Å². The molecule has 1 unspecified atom stereocenters. The maximum atomic E-state index is 12.6. The number of anilines is 1. The van der Waals surface area contributed by atoms with Gasteiger partial charge in [0, 0.05) is 10.7 Å². The maximum absolute atomic E-state index is 12.6. The average Bonchev–Trinajstić information content (AvgIpc) is 2.75. The van der Waals surface area contributed by atoms with Crippen LogP contribution in [0.25, 0.3) is 0 Å². The van der Waals surface area contributed by atoms with Gasteiger partial charge in [0.25, 0.3) is 10.0 Å². The Balaban J connectivity index is 1.69. The lowest BCUT2D eigenvalue weighted by Gasteiger charge is -2.16. The van der Waals surface area contributed by atoms with Crippen LogP contribution < -0.4 is 14.8 Å². The molecule has 3 rings (SSSR count). The smallest absolute Gasteiger partial charge is 0.263 e. The Morgan fingerprint density at radius 2 is 1.56 bits per heavy atom. The molecule has 0 heterocycles. The second kappa shape index (κ2) is 10.9. The highest BCUT2D eigenvalue weighted by Crippen LogP contribution is 2.20. The van der Waals surface area contributed by atoms with E-state index in [0.29, 0.717) is 17.1 Å². The van der Waals surface area contributed by atoms with Crippen LogP contribution in [-0.2, 0) is 27.3 Å². The molecule has 1 atom stereocenters. The van der Waals surface area contributed by atoms with Gasteiger partial charge < -0.3 is 5.32 Å². The van der Waals surface area contributed by atoms with E-state index in [1.54, 1.807) is 36.4 Å². The van der Waals surface area contributed by atoms with Crippen molar-refractivity contribution in [3.63, 3.8) is 0 Å². The minimum Gasteiger partial charge on any atom is -0.332 e. The molecule has 0 saturated carbocycles. The largest absolute Gasteiger partial charge is 0.332 e. The molecule has 0 amide bonds. The molecule has 0 fully saturated rings. The fourth-order valence-electron chi connectivity index (χ4n) is 2.96. The second-order valence-electron chi connectivity index (χ2n) is 6.76. The molecule has 0 radical (unpaired) electrons. The molecule has 0 aromatic heterocycles. The van der Waals surface area contributed by atoms with Crippen LogP contribution in [0.15, 0.2) is 83.8 Å². The van der Waals surface area contributed by atoms with Gasteiger partial charge >= 0.3 is 0 Å². The average molecular weight is 510 g/mol. The normalized spacial score (nSPS) is 12.3. The molecule has 7 nitrogen and oxygen atoms in total. The Labute approximate surface area is 199 Å². The number of thiol groups is 1. The lowest BCUT2D eigenvalue weighted by atomic mass is 10.00. The van der Waals surface area contributed by atoms with Crippen LogP contribution in [0.1, 0.15) is 17.2 Å². The monoisotopic (exact) mass is 509 g/mol. The van der Waals surface area contributed by atoms with Crippen molar-refractivity contribution < 1.29 is 16.8 Å². The summed E-state index contributed by atoms with van der Waals surface area (Å²) in [5, 5.41) is 3.26. The highest BCUT2D eigenvalue weighted by Gasteiger charge is 2.17. The summed E-state index contributed by atoms with van der Waals surface area (Å²) >= 11 is 10.9. The standard InChI is InChI=1S/C21H20ClN3O4S3/c22-17-8-10-18(11-9-17)23-21(30)25-32(28,29)19-12-6-15(7-13-19)14-20(24-31(26)27)16-4-2-1-3-5-16/h1-13,20,31H,14H2,(H2,23,25,30)(H,24,26,27). The highest BCUT2D eigenvalue weighted by atomic mass is 35.5. The van der Waals surface area contributed by atoms with E-state index in [4.69, 9.17) is 23.8 Å². The third kappa shape index (κ3) is 7.01. The van der Waals surface area contributed by atoms with Crippen molar-refractivity contribution in [1.82, 2.24) is 9.44 Å². The fraction of sp³-hybridized carbons (Fsp3) is 0.0952. The Bertz CT molecular complexity index is 1240.